The molecule has 4 rings (SSSR count). The number of carbonyl (C=O) groups is 2. The van der Waals surface area contributed by atoms with Crippen LogP contribution in [0.25, 0.3) is 6.08 Å². The Morgan fingerprint density at radius 3 is 2.61 bits per heavy atom. The number of nitrogens with one attached hydrogen (secondary N) is 1. The van der Waals surface area contributed by atoms with Crippen LogP contribution in [-0.4, -0.2) is 17.9 Å². The molecule has 1 atom stereocenters. The van der Waals surface area contributed by atoms with Crippen LogP contribution in [0.3, 0.4) is 0 Å². The number of hydrogen-bond donors (Lipinski definition) is 1. The molecule has 2 amide bonds. The highest BCUT2D eigenvalue weighted by Crippen LogP contribution is 2.37. The number of rotatable bonds is 5. The summed E-state index contributed by atoms with van der Waals surface area (Å²) in [6.45, 7) is 2.03. The van der Waals surface area contributed by atoms with Gasteiger partial charge < -0.3 is 15.0 Å². The van der Waals surface area contributed by atoms with Gasteiger partial charge in [0.05, 0.1) is 12.2 Å². The van der Waals surface area contributed by atoms with Crippen molar-refractivity contribution in [1.29, 1.82) is 0 Å². The number of carbonyl (C=O) groups excluding carboxylic acids is 2. The van der Waals surface area contributed by atoms with Crippen molar-refractivity contribution in [2.24, 2.45) is 0 Å². The van der Waals surface area contributed by atoms with Gasteiger partial charge in [-0.1, -0.05) is 53.0 Å². The molecule has 8 heteroatoms. The number of hydrogen-bond acceptors (Lipinski definition) is 3. The second kappa shape index (κ2) is 9.87. The van der Waals surface area contributed by atoms with Crippen molar-refractivity contribution in [3.63, 3.8) is 0 Å². The summed E-state index contributed by atoms with van der Waals surface area (Å²) in [5.74, 6) is 0.0348. The van der Waals surface area contributed by atoms with E-state index in [0.29, 0.717) is 44.3 Å². The van der Waals surface area contributed by atoms with E-state index in [1.54, 1.807) is 60.4 Å². The lowest BCUT2D eigenvalue weighted by atomic mass is 10.1. The number of halogens is 3. The van der Waals surface area contributed by atoms with E-state index in [1.807, 2.05) is 18.2 Å². The van der Waals surface area contributed by atoms with E-state index in [1.165, 1.54) is 6.08 Å². The van der Waals surface area contributed by atoms with Gasteiger partial charge in [-0.15, -0.1) is 0 Å². The van der Waals surface area contributed by atoms with Crippen molar-refractivity contribution >= 4 is 64.1 Å². The topological polar surface area (TPSA) is 58.6 Å². The molecule has 5 nitrogen and oxygen atoms in total. The van der Waals surface area contributed by atoms with Crippen LogP contribution >= 0.6 is 34.8 Å². The van der Waals surface area contributed by atoms with Gasteiger partial charge in [-0.25, -0.2) is 0 Å². The van der Waals surface area contributed by atoms with E-state index in [9.17, 15) is 9.59 Å². The molecular weight excluding hydrogens is 483 g/mol. The van der Waals surface area contributed by atoms with Gasteiger partial charge in [0.2, 0.25) is 5.91 Å². The minimum Gasteiger partial charge on any atom is -0.479 e. The predicted molar refractivity (Wildman–Crippen MR) is 133 cm³/mol. The third-order valence-electron chi connectivity index (χ3n) is 5.04. The van der Waals surface area contributed by atoms with Gasteiger partial charge in [-0.05, 0) is 66.6 Å². The lowest BCUT2D eigenvalue weighted by Crippen LogP contribution is -2.44. The van der Waals surface area contributed by atoms with Gasteiger partial charge in [0.25, 0.3) is 5.91 Å². The highest BCUT2D eigenvalue weighted by molar-refractivity contribution is 6.35. The number of anilines is 2. The summed E-state index contributed by atoms with van der Waals surface area (Å²) in [6.07, 6.45) is 2.36. The fraction of sp³-hybridized carbons (Fsp3) is 0.120. The average molecular weight is 502 g/mol. The van der Waals surface area contributed by atoms with Crippen LogP contribution in [0.2, 0.25) is 15.1 Å². The Hall–Kier alpha value is -2.99. The van der Waals surface area contributed by atoms with Gasteiger partial charge in [0, 0.05) is 26.8 Å². The predicted octanol–water partition coefficient (Wildman–Crippen LogP) is 6.61. The number of benzene rings is 3. The molecule has 0 bridgehead atoms. The molecule has 0 spiro atoms. The monoisotopic (exact) mass is 500 g/mol. The second-order valence-electron chi connectivity index (χ2n) is 7.49. The molecule has 1 heterocycles. The minimum absolute atomic E-state index is 0.178. The minimum atomic E-state index is -0.621. The zero-order valence-electron chi connectivity index (χ0n) is 17.5. The molecule has 0 fully saturated rings. The third-order valence-corrected chi connectivity index (χ3v) is 5.84. The Morgan fingerprint density at radius 1 is 1.06 bits per heavy atom. The zero-order chi connectivity index (χ0) is 23.5. The van der Waals surface area contributed by atoms with Crippen LogP contribution in [0.15, 0.2) is 66.7 Å². The summed E-state index contributed by atoms with van der Waals surface area (Å²) < 4.78 is 5.75. The molecule has 0 saturated heterocycles. The molecule has 1 N–H and O–H groups in total. The van der Waals surface area contributed by atoms with Crippen molar-refractivity contribution < 1.29 is 14.3 Å². The molecule has 0 aliphatic carbocycles. The SMILES string of the molecule is CC1Oc2ccc(NC(=O)/C=C/c3ccc(Cl)cc3Cl)cc2N(Cc2cccc(Cl)c2)C1=O. The van der Waals surface area contributed by atoms with Gasteiger partial charge in [-0.3, -0.25) is 9.59 Å². The van der Waals surface area contributed by atoms with Crippen molar-refractivity contribution in [1.82, 2.24) is 0 Å². The molecule has 1 aliphatic rings. The van der Waals surface area contributed by atoms with Gasteiger partial charge in [0.1, 0.15) is 5.75 Å². The van der Waals surface area contributed by atoms with E-state index in [0.717, 1.165) is 5.56 Å². The molecule has 3 aromatic carbocycles. The normalized spacial score (nSPS) is 15.3. The molecule has 3 aromatic rings. The van der Waals surface area contributed by atoms with Crippen molar-refractivity contribution in [3.05, 3.63) is 92.9 Å². The van der Waals surface area contributed by atoms with E-state index < -0.39 is 6.10 Å². The van der Waals surface area contributed by atoms with E-state index in [-0.39, 0.29) is 11.8 Å². The van der Waals surface area contributed by atoms with Crippen molar-refractivity contribution in [2.75, 3.05) is 10.2 Å². The van der Waals surface area contributed by atoms with Gasteiger partial charge in [-0.2, -0.15) is 0 Å². The summed E-state index contributed by atoms with van der Waals surface area (Å²) in [5, 5.41) is 4.36. The summed E-state index contributed by atoms with van der Waals surface area (Å²) in [5.41, 5.74) is 2.64. The van der Waals surface area contributed by atoms with Crippen LogP contribution in [-0.2, 0) is 16.1 Å². The Balaban J connectivity index is 1.55. The molecule has 33 heavy (non-hydrogen) atoms. The molecule has 0 radical (unpaired) electrons. The standard InChI is InChI=1S/C25H19Cl3N2O3/c1-15-25(32)30(14-16-3-2-4-18(26)11-16)22-13-20(8-9-23(22)33-15)29-24(31)10-6-17-5-7-19(27)12-21(17)28/h2-13,15H,14H2,1H3,(H,29,31)/b10-6+. The first-order valence-corrected chi connectivity index (χ1v) is 11.2. The maximum Gasteiger partial charge on any atom is 0.268 e. The second-order valence-corrected chi connectivity index (χ2v) is 8.77. The summed E-state index contributed by atoms with van der Waals surface area (Å²) in [6, 6.07) is 17.5. The fourth-order valence-corrected chi connectivity index (χ4v) is 4.14. The van der Waals surface area contributed by atoms with Crippen molar-refractivity contribution in [2.45, 2.75) is 19.6 Å². The molecule has 1 unspecified atom stereocenters. The Bertz CT molecular complexity index is 1260. The van der Waals surface area contributed by atoms with Crippen LogP contribution in [0, 0.1) is 0 Å². The highest BCUT2D eigenvalue weighted by Gasteiger charge is 2.31. The summed E-state index contributed by atoms with van der Waals surface area (Å²) >= 11 is 18.2. The number of ether oxygens (including phenoxy) is 1. The van der Waals surface area contributed by atoms with Crippen LogP contribution in [0.1, 0.15) is 18.1 Å². The molecular formula is C25H19Cl3N2O3. The maximum atomic E-state index is 12.9. The molecule has 1 aliphatic heterocycles. The Morgan fingerprint density at radius 2 is 1.85 bits per heavy atom. The molecule has 0 saturated carbocycles. The number of amides is 2. The van der Waals surface area contributed by atoms with Crippen LogP contribution < -0.4 is 15.0 Å². The van der Waals surface area contributed by atoms with Gasteiger partial charge >= 0.3 is 0 Å². The first-order chi connectivity index (χ1) is 15.8. The van der Waals surface area contributed by atoms with Gasteiger partial charge in [0.15, 0.2) is 6.10 Å². The first-order valence-electron chi connectivity index (χ1n) is 10.1. The lowest BCUT2D eigenvalue weighted by molar-refractivity contribution is -0.125. The van der Waals surface area contributed by atoms with E-state index in [2.05, 4.69) is 5.32 Å². The zero-order valence-corrected chi connectivity index (χ0v) is 19.8. The molecule has 0 aromatic heterocycles. The number of nitrogens with zero attached hydrogens (tertiary/aromatic N) is 1. The van der Waals surface area contributed by atoms with Crippen LogP contribution in [0.5, 0.6) is 5.75 Å². The van der Waals surface area contributed by atoms with Crippen molar-refractivity contribution in [3.8, 4) is 5.75 Å². The summed E-state index contributed by atoms with van der Waals surface area (Å²) in [4.78, 5) is 27.0. The smallest absolute Gasteiger partial charge is 0.268 e. The van der Waals surface area contributed by atoms with E-state index >= 15 is 0 Å². The molecule has 168 valence electrons. The first kappa shape index (κ1) is 23.2. The highest BCUT2D eigenvalue weighted by atomic mass is 35.5. The largest absolute Gasteiger partial charge is 0.479 e. The lowest BCUT2D eigenvalue weighted by Gasteiger charge is -2.33. The fourth-order valence-electron chi connectivity index (χ4n) is 3.45. The third kappa shape index (κ3) is 5.50. The average Bonchev–Trinajstić information content (AvgIpc) is 2.77. The van der Waals surface area contributed by atoms with E-state index in [4.69, 9.17) is 39.5 Å². The van der Waals surface area contributed by atoms with Crippen LogP contribution in [0.4, 0.5) is 11.4 Å². The maximum absolute atomic E-state index is 12.9. The Kier molecular flexibility index (Phi) is 6.94. The number of fused-ring (bicyclic) bond motifs is 1. The summed E-state index contributed by atoms with van der Waals surface area (Å²) in [7, 11) is 0. The Labute approximate surface area is 206 Å². The quantitative estimate of drug-likeness (QED) is 0.400.